The van der Waals surface area contributed by atoms with Crippen LogP contribution in [0, 0.1) is 0 Å². The van der Waals surface area contributed by atoms with Crippen LogP contribution in [0.1, 0.15) is 45.4 Å². The van der Waals surface area contributed by atoms with Crippen LogP contribution in [-0.4, -0.2) is 20.5 Å². The second-order valence-corrected chi connectivity index (χ2v) is 3.81. The summed E-state index contributed by atoms with van der Waals surface area (Å²) in [4.78, 5) is 0. The van der Waals surface area contributed by atoms with Gasteiger partial charge in [-0.15, -0.1) is 0 Å². The summed E-state index contributed by atoms with van der Waals surface area (Å²) in [6.45, 7) is 3.43. The van der Waals surface area contributed by atoms with Gasteiger partial charge in [0.1, 0.15) is 6.79 Å². The molecule has 2 nitrogen and oxygen atoms in total. The molecule has 0 fully saturated rings. The van der Waals surface area contributed by atoms with Crippen molar-refractivity contribution in [3.05, 3.63) is 24.3 Å². The smallest absolute Gasteiger partial charge is 0.146 e. The fourth-order valence-electron chi connectivity index (χ4n) is 1.28. The summed E-state index contributed by atoms with van der Waals surface area (Å²) in [6.07, 6.45) is 15.9. The standard InChI is InChI=1S/C14H26O2/c1-3-4-5-6-7-8-9-10-11-12-13-16-14-15-2/h6-9H,3-5,10-14H2,1-2H3/b7-6-,9-8+. The van der Waals surface area contributed by atoms with Gasteiger partial charge in [0.05, 0.1) is 0 Å². The van der Waals surface area contributed by atoms with Gasteiger partial charge >= 0.3 is 0 Å². The van der Waals surface area contributed by atoms with Gasteiger partial charge in [-0.3, -0.25) is 0 Å². The van der Waals surface area contributed by atoms with Gasteiger partial charge < -0.3 is 9.47 Å². The number of ether oxygens (including phenoxy) is 2. The number of hydrogen-bond donors (Lipinski definition) is 0. The highest BCUT2D eigenvalue weighted by atomic mass is 16.7. The van der Waals surface area contributed by atoms with Crippen LogP contribution in [-0.2, 0) is 9.47 Å². The Morgan fingerprint density at radius 3 is 2.25 bits per heavy atom. The minimum atomic E-state index is 0.413. The van der Waals surface area contributed by atoms with Gasteiger partial charge in [0.2, 0.25) is 0 Å². The van der Waals surface area contributed by atoms with E-state index in [9.17, 15) is 0 Å². The zero-order valence-electron chi connectivity index (χ0n) is 10.8. The van der Waals surface area contributed by atoms with Crippen molar-refractivity contribution in [2.75, 3.05) is 20.5 Å². The Bertz CT molecular complexity index is 174. The Hall–Kier alpha value is -0.600. The molecule has 0 bridgehead atoms. The number of rotatable bonds is 11. The minimum absolute atomic E-state index is 0.413. The lowest BCUT2D eigenvalue weighted by Crippen LogP contribution is -1.97. The van der Waals surface area contributed by atoms with Gasteiger partial charge in [-0.25, -0.2) is 0 Å². The molecule has 0 N–H and O–H groups in total. The molecule has 0 aromatic carbocycles. The highest BCUT2D eigenvalue weighted by Gasteiger charge is 1.86. The minimum Gasteiger partial charge on any atom is -0.359 e. The molecule has 0 aromatic rings. The summed E-state index contributed by atoms with van der Waals surface area (Å²) in [6, 6.07) is 0. The van der Waals surface area contributed by atoms with E-state index in [-0.39, 0.29) is 0 Å². The Kier molecular flexibility index (Phi) is 13.9. The summed E-state index contributed by atoms with van der Waals surface area (Å²) in [5.41, 5.74) is 0. The topological polar surface area (TPSA) is 18.5 Å². The Labute approximate surface area is 100 Å². The van der Waals surface area contributed by atoms with Crippen molar-refractivity contribution < 1.29 is 9.47 Å². The van der Waals surface area contributed by atoms with Crippen molar-refractivity contribution in [2.24, 2.45) is 0 Å². The number of methoxy groups -OCH3 is 1. The first kappa shape index (κ1) is 15.4. The highest BCUT2D eigenvalue weighted by molar-refractivity contribution is 5.02. The molecule has 0 radical (unpaired) electrons. The van der Waals surface area contributed by atoms with Crippen molar-refractivity contribution in [3.8, 4) is 0 Å². The van der Waals surface area contributed by atoms with Crippen LogP contribution < -0.4 is 0 Å². The monoisotopic (exact) mass is 226 g/mol. The van der Waals surface area contributed by atoms with Gasteiger partial charge in [-0.1, -0.05) is 44.1 Å². The van der Waals surface area contributed by atoms with Crippen LogP contribution in [0.5, 0.6) is 0 Å². The molecule has 16 heavy (non-hydrogen) atoms. The quantitative estimate of drug-likeness (QED) is 0.300. The van der Waals surface area contributed by atoms with E-state index in [1.54, 1.807) is 7.11 Å². The summed E-state index contributed by atoms with van der Waals surface area (Å²) < 4.78 is 9.98. The summed E-state index contributed by atoms with van der Waals surface area (Å²) >= 11 is 0. The van der Waals surface area contributed by atoms with Gasteiger partial charge in [0.25, 0.3) is 0 Å². The van der Waals surface area contributed by atoms with E-state index in [1.807, 2.05) is 0 Å². The molecule has 0 aliphatic rings. The van der Waals surface area contributed by atoms with E-state index in [0.717, 1.165) is 19.4 Å². The first-order chi connectivity index (χ1) is 7.91. The van der Waals surface area contributed by atoms with E-state index in [1.165, 1.54) is 25.7 Å². The van der Waals surface area contributed by atoms with Crippen molar-refractivity contribution in [3.63, 3.8) is 0 Å². The van der Waals surface area contributed by atoms with Crippen LogP contribution in [0.3, 0.4) is 0 Å². The van der Waals surface area contributed by atoms with E-state index in [0.29, 0.717) is 6.79 Å². The van der Waals surface area contributed by atoms with E-state index >= 15 is 0 Å². The summed E-state index contributed by atoms with van der Waals surface area (Å²) in [5.74, 6) is 0. The van der Waals surface area contributed by atoms with Crippen molar-refractivity contribution in [1.82, 2.24) is 0 Å². The number of unbranched alkanes of at least 4 members (excludes halogenated alkanes) is 4. The molecule has 0 amide bonds. The maximum absolute atomic E-state index is 5.19. The van der Waals surface area contributed by atoms with Crippen LogP contribution >= 0.6 is 0 Å². The molecular weight excluding hydrogens is 200 g/mol. The summed E-state index contributed by atoms with van der Waals surface area (Å²) in [5, 5.41) is 0. The Morgan fingerprint density at radius 1 is 0.938 bits per heavy atom. The number of allylic oxidation sites excluding steroid dienone is 4. The molecular formula is C14H26O2. The average molecular weight is 226 g/mol. The second kappa shape index (κ2) is 14.4. The molecule has 0 heterocycles. The third kappa shape index (κ3) is 13.4. The molecule has 2 heteroatoms. The maximum Gasteiger partial charge on any atom is 0.146 e. The lowest BCUT2D eigenvalue weighted by atomic mass is 10.2. The molecule has 94 valence electrons. The predicted octanol–water partition coefficient (Wildman–Crippen LogP) is 4.08. The molecule has 0 atom stereocenters. The zero-order chi connectivity index (χ0) is 11.9. The maximum atomic E-state index is 5.19. The van der Waals surface area contributed by atoms with E-state index in [2.05, 4.69) is 31.2 Å². The molecule has 0 saturated heterocycles. The lowest BCUT2D eigenvalue weighted by Gasteiger charge is -2.00. The fraction of sp³-hybridized carbons (Fsp3) is 0.714. The molecule has 0 aromatic heterocycles. The van der Waals surface area contributed by atoms with Crippen LogP contribution in [0.2, 0.25) is 0 Å². The van der Waals surface area contributed by atoms with E-state index in [4.69, 9.17) is 9.47 Å². The molecule has 0 saturated carbocycles. The number of hydrogen-bond acceptors (Lipinski definition) is 2. The zero-order valence-corrected chi connectivity index (χ0v) is 10.8. The van der Waals surface area contributed by atoms with Gasteiger partial charge in [-0.05, 0) is 25.7 Å². The van der Waals surface area contributed by atoms with Gasteiger partial charge in [0, 0.05) is 13.7 Å². The molecule has 0 unspecified atom stereocenters. The highest BCUT2D eigenvalue weighted by Crippen LogP contribution is 1.99. The first-order valence-corrected chi connectivity index (χ1v) is 6.30. The van der Waals surface area contributed by atoms with Crippen LogP contribution in [0.25, 0.3) is 0 Å². The van der Waals surface area contributed by atoms with Gasteiger partial charge in [0.15, 0.2) is 0 Å². The normalized spacial score (nSPS) is 11.9. The van der Waals surface area contributed by atoms with Crippen LogP contribution in [0.15, 0.2) is 24.3 Å². The SMILES string of the molecule is CCCC/C=C\C=C\CCCCOCOC. The third-order valence-electron chi connectivity index (χ3n) is 2.22. The molecule has 0 aliphatic carbocycles. The molecule has 0 aliphatic heterocycles. The van der Waals surface area contributed by atoms with Crippen molar-refractivity contribution >= 4 is 0 Å². The first-order valence-electron chi connectivity index (χ1n) is 6.30. The predicted molar refractivity (Wildman–Crippen MR) is 69.5 cm³/mol. The lowest BCUT2D eigenvalue weighted by molar-refractivity contribution is -0.0314. The Balaban J connectivity index is 3.12. The van der Waals surface area contributed by atoms with E-state index < -0.39 is 0 Å². The molecule has 0 rings (SSSR count). The average Bonchev–Trinajstić information content (AvgIpc) is 2.31. The fourth-order valence-corrected chi connectivity index (χ4v) is 1.28. The van der Waals surface area contributed by atoms with Crippen molar-refractivity contribution in [2.45, 2.75) is 45.4 Å². The second-order valence-electron chi connectivity index (χ2n) is 3.81. The summed E-state index contributed by atoms with van der Waals surface area (Å²) in [7, 11) is 1.65. The van der Waals surface area contributed by atoms with Gasteiger partial charge in [-0.2, -0.15) is 0 Å². The van der Waals surface area contributed by atoms with Crippen molar-refractivity contribution in [1.29, 1.82) is 0 Å². The third-order valence-corrected chi connectivity index (χ3v) is 2.22. The molecule has 0 spiro atoms. The Morgan fingerprint density at radius 2 is 1.62 bits per heavy atom. The largest absolute Gasteiger partial charge is 0.359 e. The van der Waals surface area contributed by atoms with Crippen LogP contribution in [0.4, 0.5) is 0 Å².